The summed E-state index contributed by atoms with van der Waals surface area (Å²) in [5.74, 6) is 0.650. The van der Waals surface area contributed by atoms with E-state index >= 15 is 0 Å². The summed E-state index contributed by atoms with van der Waals surface area (Å²) in [7, 11) is 0. The lowest BCUT2D eigenvalue weighted by atomic mass is 10.3. The van der Waals surface area contributed by atoms with Crippen LogP contribution in [-0.2, 0) is 6.42 Å². The number of nitrogen functional groups attached to an aromatic ring is 1. The maximum atomic E-state index is 5.99. The summed E-state index contributed by atoms with van der Waals surface area (Å²) in [5, 5.41) is 3.68. The molecule has 0 saturated carbocycles. The molecule has 0 fully saturated rings. The van der Waals surface area contributed by atoms with Gasteiger partial charge < -0.3 is 11.1 Å². The van der Waals surface area contributed by atoms with Crippen LogP contribution in [0, 0.1) is 0 Å². The maximum absolute atomic E-state index is 5.99. The lowest BCUT2D eigenvalue weighted by Gasteiger charge is -2.07. The van der Waals surface area contributed by atoms with Gasteiger partial charge in [-0.25, -0.2) is 4.98 Å². The third-order valence-electron chi connectivity index (χ3n) is 2.26. The molecular weight excluding hydrogens is 236 g/mol. The molecule has 2 aromatic heterocycles. The molecule has 0 atom stereocenters. The van der Waals surface area contributed by atoms with Crippen molar-refractivity contribution < 1.29 is 0 Å². The first kappa shape index (κ1) is 11.7. The normalized spacial score (nSPS) is 10.2. The van der Waals surface area contributed by atoms with E-state index in [4.69, 9.17) is 17.3 Å². The Morgan fingerprint density at radius 3 is 2.88 bits per heavy atom. The van der Waals surface area contributed by atoms with Gasteiger partial charge in [-0.3, -0.25) is 4.98 Å². The number of hydrogen-bond acceptors (Lipinski definition) is 4. The molecule has 3 N–H and O–H groups in total. The fraction of sp³-hybridized carbons (Fsp3) is 0.167. The van der Waals surface area contributed by atoms with Gasteiger partial charge in [0.05, 0.1) is 16.9 Å². The van der Waals surface area contributed by atoms with Crippen LogP contribution in [-0.4, -0.2) is 16.5 Å². The van der Waals surface area contributed by atoms with Crippen LogP contribution >= 0.6 is 11.6 Å². The second-order valence-corrected chi connectivity index (χ2v) is 4.00. The summed E-state index contributed by atoms with van der Waals surface area (Å²) in [5.41, 5.74) is 7.16. The zero-order valence-electron chi connectivity index (χ0n) is 9.23. The van der Waals surface area contributed by atoms with Gasteiger partial charge in [-0.1, -0.05) is 17.7 Å². The van der Waals surface area contributed by atoms with E-state index in [0.29, 0.717) is 16.5 Å². The van der Waals surface area contributed by atoms with Crippen molar-refractivity contribution in [2.75, 3.05) is 17.6 Å². The van der Waals surface area contributed by atoms with Crippen LogP contribution in [0.2, 0.25) is 5.02 Å². The molecule has 0 amide bonds. The first-order chi connectivity index (χ1) is 8.25. The number of halogens is 1. The van der Waals surface area contributed by atoms with E-state index in [2.05, 4.69) is 15.3 Å². The molecule has 2 aromatic rings. The summed E-state index contributed by atoms with van der Waals surface area (Å²) in [6.07, 6.45) is 4.18. The van der Waals surface area contributed by atoms with Gasteiger partial charge in [0, 0.05) is 24.9 Å². The Kier molecular flexibility index (Phi) is 3.77. The van der Waals surface area contributed by atoms with Crippen molar-refractivity contribution in [3.05, 3.63) is 47.4 Å². The quantitative estimate of drug-likeness (QED) is 0.872. The van der Waals surface area contributed by atoms with Crippen molar-refractivity contribution >= 4 is 23.1 Å². The van der Waals surface area contributed by atoms with Crippen LogP contribution in [0.15, 0.2) is 36.7 Å². The molecule has 17 heavy (non-hydrogen) atoms. The van der Waals surface area contributed by atoms with Crippen molar-refractivity contribution in [1.29, 1.82) is 0 Å². The van der Waals surface area contributed by atoms with E-state index in [0.717, 1.165) is 18.7 Å². The molecule has 4 nitrogen and oxygen atoms in total. The van der Waals surface area contributed by atoms with Crippen LogP contribution in [0.1, 0.15) is 5.69 Å². The summed E-state index contributed by atoms with van der Waals surface area (Å²) < 4.78 is 0. The fourth-order valence-electron chi connectivity index (χ4n) is 1.44. The molecule has 0 radical (unpaired) electrons. The van der Waals surface area contributed by atoms with Crippen molar-refractivity contribution in [2.45, 2.75) is 6.42 Å². The first-order valence-corrected chi connectivity index (χ1v) is 5.68. The number of anilines is 2. The second-order valence-electron chi connectivity index (χ2n) is 3.60. The van der Waals surface area contributed by atoms with Crippen LogP contribution < -0.4 is 11.1 Å². The minimum absolute atomic E-state index is 0.533. The van der Waals surface area contributed by atoms with Crippen LogP contribution in [0.3, 0.4) is 0 Å². The van der Waals surface area contributed by atoms with Gasteiger partial charge in [0.25, 0.3) is 0 Å². The number of aromatic nitrogens is 2. The minimum Gasteiger partial charge on any atom is -0.397 e. The van der Waals surface area contributed by atoms with Crippen LogP contribution in [0.25, 0.3) is 0 Å². The topological polar surface area (TPSA) is 63.8 Å². The Labute approximate surface area is 105 Å². The Balaban J connectivity index is 1.90. The highest BCUT2D eigenvalue weighted by atomic mass is 35.5. The molecule has 5 heteroatoms. The fourth-order valence-corrected chi connectivity index (χ4v) is 1.68. The lowest BCUT2D eigenvalue weighted by Crippen LogP contribution is -2.07. The largest absolute Gasteiger partial charge is 0.397 e. The molecule has 88 valence electrons. The second kappa shape index (κ2) is 5.50. The van der Waals surface area contributed by atoms with Crippen LogP contribution in [0.4, 0.5) is 11.5 Å². The number of hydrogen-bond donors (Lipinski definition) is 2. The molecule has 0 aliphatic carbocycles. The van der Waals surface area contributed by atoms with Gasteiger partial charge >= 0.3 is 0 Å². The molecule has 2 rings (SSSR count). The molecule has 0 bridgehead atoms. The number of nitrogens with zero attached hydrogens (tertiary/aromatic N) is 2. The molecule has 0 saturated heterocycles. The zero-order chi connectivity index (χ0) is 12.1. The average Bonchev–Trinajstić information content (AvgIpc) is 2.33. The van der Waals surface area contributed by atoms with Crippen molar-refractivity contribution in [2.24, 2.45) is 0 Å². The molecule has 0 aliphatic rings. The van der Waals surface area contributed by atoms with E-state index in [1.54, 1.807) is 18.5 Å². The SMILES string of the molecule is Nc1cnc(NCCc2ccccn2)c(Cl)c1. The number of nitrogens with two attached hydrogens (primary N) is 1. The van der Waals surface area contributed by atoms with E-state index in [9.17, 15) is 0 Å². The van der Waals surface area contributed by atoms with E-state index < -0.39 is 0 Å². The van der Waals surface area contributed by atoms with E-state index in [-0.39, 0.29) is 0 Å². The number of pyridine rings is 2. The number of rotatable bonds is 4. The van der Waals surface area contributed by atoms with Gasteiger partial charge in [-0.15, -0.1) is 0 Å². The van der Waals surface area contributed by atoms with Crippen molar-refractivity contribution in [1.82, 2.24) is 9.97 Å². The zero-order valence-corrected chi connectivity index (χ0v) is 9.98. The summed E-state index contributed by atoms with van der Waals surface area (Å²) in [4.78, 5) is 8.35. The van der Waals surface area contributed by atoms with Gasteiger partial charge in [-0.05, 0) is 18.2 Å². The highest BCUT2D eigenvalue weighted by molar-refractivity contribution is 6.33. The maximum Gasteiger partial charge on any atom is 0.144 e. The van der Waals surface area contributed by atoms with Gasteiger partial charge in [-0.2, -0.15) is 0 Å². The molecule has 2 heterocycles. The predicted molar refractivity (Wildman–Crippen MR) is 70.1 cm³/mol. The van der Waals surface area contributed by atoms with Crippen molar-refractivity contribution in [3.8, 4) is 0 Å². The van der Waals surface area contributed by atoms with Gasteiger partial charge in [0.15, 0.2) is 0 Å². The predicted octanol–water partition coefficient (Wildman–Crippen LogP) is 2.37. The van der Waals surface area contributed by atoms with E-state index in [1.807, 2.05) is 18.2 Å². The Bertz CT molecular complexity index is 487. The third-order valence-corrected chi connectivity index (χ3v) is 2.55. The molecule has 0 aromatic carbocycles. The highest BCUT2D eigenvalue weighted by Crippen LogP contribution is 2.20. The average molecular weight is 249 g/mol. The standard InChI is InChI=1S/C12H13ClN4/c13-11-7-9(14)8-17-12(11)16-6-4-10-3-1-2-5-15-10/h1-3,5,7-8H,4,6,14H2,(H,16,17). The summed E-state index contributed by atoms with van der Waals surface area (Å²) in [6.45, 7) is 0.730. The Morgan fingerprint density at radius 2 is 2.18 bits per heavy atom. The minimum atomic E-state index is 0.533. The monoisotopic (exact) mass is 248 g/mol. The highest BCUT2D eigenvalue weighted by Gasteiger charge is 2.01. The smallest absolute Gasteiger partial charge is 0.144 e. The van der Waals surface area contributed by atoms with Crippen molar-refractivity contribution in [3.63, 3.8) is 0 Å². The molecular formula is C12H13ClN4. The first-order valence-electron chi connectivity index (χ1n) is 5.30. The Morgan fingerprint density at radius 1 is 1.29 bits per heavy atom. The van der Waals surface area contributed by atoms with Gasteiger partial charge in [0.1, 0.15) is 5.82 Å². The van der Waals surface area contributed by atoms with Crippen LogP contribution in [0.5, 0.6) is 0 Å². The third kappa shape index (κ3) is 3.32. The number of nitrogens with one attached hydrogen (secondary N) is 1. The summed E-state index contributed by atoms with van der Waals surface area (Å²) in [6, 6.07) is 7.53. The molecule has 0 unspecified atom stereocenters. The Hall–Kier alpha value is -1.81. The molecule has 0 spiro atoms. The van der Waals surface area contributed by atoms with E-state index in [1.165, 1.54) is 0 Å². The molecule has 0 aliphatic heterocycles. The lowest BCUT2D eigenvalue weighted by molar-refractivity contribution is 0.954. The summed E-state index contributed by atoms with van der Waals surface area (Å²) >= 11 is 5.99. The van der Waals surface area contributed by atoms with Gasteiger partial charge in [0.2, 0.25) is 0 Å².